The molecule has 2 fully saturated rings. The fourth-order valence-corrected chi connectivity index (χ4v) is 3.94. The molecule has 28 heavy (non-hydrogen) atoms. The van der Waals surface area contributed by atoms with Crippen LogP contribution in [-0.2, 0) is 4.79 Å². The van der Waals surface area contributed by atoms with Crippen molar-refractivity contribution in [1.82, 2.24) is 34.3 Å². The van der Waals surface area contributed by atoms with Gasteiger partial charge in [0.1, 0.15) is 0 Å². The zero-order chi connectivity index (χ0) is 19.7. The van der Waals surface area contributed by atoms with E-state index in [1.54, 1.807) is 9.42 Å². The number of nitrogens with zero attached hydrogens (tertiary/aromatic N) is 7. The van der Waals surface area contributed by atoms with Crippen LogP contribution in [0.5, 0.6) is 0 Å². The normalized spacial score (nSPS) is 18.6. The number of aryl methyl sites for hydroxylation is 2. The molecule has 4 rings (SSSR count). The van der Waals surface area contributed by atoms with Gasteiger partial charge in [-0.1, -0.05) is 0 Å². The Morgan fingerprint density at radius 3 is 2.36 bits per heavy atom. The second kappa shape index (κ2) is 7.83. The third-order valence-electron chi connectivity index (χ3n) is 5.54. The molecule has 150 valence electrons. The molecule has 0 radical (unpaired) electrons. The summed E-state index contributed by atoms with van der Waals surface area (Å²) < 4.78 is 1.60. The van der Waals surface area contributed by atoms with Crippen molar-refractivity contribution in [1.29, 1.82) is 0 Å². The Balaban J connectivity index is 1.35. The number of hydrogen-bond donors (Lipinski definition) is 0. The second-order valence-corrected chi connectivity index (χ2v) is 7.70. The molecular weight excluding hydrogens is 358 g/mol. The zero-order valence-corrected chi connectivity index (χ0v) is 16.6. The van der Waals surface area contributed by atoms with Crippen LogP contribution in [0.25, 0.3) is 5.78 Å². The first-order valence-electron chi connectivity index (χ1n) is 10.0. The summed E-state index contributed by atoms with van der Waals surface area (Å²) in [5.74, 6) is 0.661. The summed E-state index contributed by atoms with van der Waals surface area (Å²) in [6, 6.07) is 1.91. The van der Waals surface area contributed by atoms with Gasteiger partial charge in [0.2, 0.25) is 11.7 Å². The van der Waals surface area contributed by atoms with Gasteiger partial charge in [-0.2, -0.15) is 4.98 Å². The Morgan fingerprint density at radius 2 is 1.64 bits per heavy atom. The molecule has 2 saturated heterocycles. The molecule has 4 heterocycles. The molecule has 0 bridgehead atoms. The van der Waals surface area contributed by atoms with Gasteiger partial charge in [0.25, 0.3) is 11.7 Å². The van der Waals surface area contributed by atoms with Crippen LogP contribution >= 0.6 is 0 Å². The summed E-state index contributed by atoms with van der Waals surface area (Å²) in [7, 11) is 0. The minimum atomic E-state index is -0.176. The molecule has 2 amide bonds. The maximum absolute atomic E-state index is 12.8. The lowest BCUT2D eigenvalue weighted by Gasteiger charge is -2.35. The van der Waals surface area contributed by atoms with Crippen molar-refractivity contribution in [3.63, 3.8) is 0 Å². The number of rotatable bonds is 3. The van der Waals surface area contributed by atoms with E-state index in [0.29, 0.717) is 38.5 Å². The maximum Gasteiger partial charge on any atom is 0.293 e. The predicted molar refractivity (Wildman–Crippen MR) is 103 cm³/mol. The lowest BCUT2D eigenvalue weighted by Crippen LogP contribution is -2.52. The van der Waals surface area contributed by atoms with Crippen molar-refractivity contribution in [2.75, 3.05) is 45.8 Å². The van der Waals surface area contributed by atoms with Gasteiger partial charge in [-0.05, 0) is 39.2 Å². The molecule has 0 aliphatic carbocycles. The number of carbonyl (C=O) groups excluding carboxylic acids is 2. The molecule has 0 N–H and O–H groups in total. The van der Waals surface area contributed by atoms with Crippen molar-refractivity contribution in [2.24, 2.45) is 0 Å². The molecule has 9 heteroatoms. The molecule has 2 aromatic heterocycles. The molecule has 2 aliphatic heterocycles. The lowest BCUT2D eigenvalue weighted by atomic mass is 10.1. The minimum absolute atomic E-state index is 0.176. The van der Waals surface area contributed by atoms with E-state index >= 15 is 0 Å². The lowest BCUT2D eigenvalue weighted by molar-refractivity contribution is -0.133. The standard InChI is InChI=1S/C19H27N7O2/c1-14-12-15(2)26-19(20-14)21-17(22-26)18(28)25-10-8-23(9-11-25)13-16(27)24-6-4-3-5-7-24/h12H,3-11,13H2,1-2H3. The van der Waals surface area contributed by atoms with Crippen LogP contribution in [0.3, 0.4) is 0 Å². The highest BCUT2D eigenvalue weighted by molar-refractivity contribution is 5.91. The first-order chi connectivity index (χ1) is 13.5. The Kier molecular flexibility index (Phi) is 5.25. The minimum Gasteiger partial charge on any atom is -0.342 e. The highest BCUT2D eigenvalue weighted by atomic mass is 16.2. The van der Waals surface area contributed by atoms with Crippen molar-refractivity contribution in [2.45, 2.75) is 33.1 Å². The number of likely N-dealkylation sites (tertiary alicyclic amines) is 1. The van der Waals surface area contributed by atoms with Gasteiger partial charge in [0, 0.05) is 50.7 Å². The van der Waals surface area contributed by atoms with Crippen molar-refractivity contribution >= 4 is 17.6 Å². The van der Waals surface area contributed by atoms with Crippen molar-refractivity contribution in [3.8, 4) is 0 Å². The SMILES string of the molecule is Cc1cc(C)n2nc(C(=O)N3CCN(CC(=O)N4CCCCC4)CC3)nc2n1. The molecule has 0 atom stereocenters. The van der Waals surface area contributed by atoms with Crippen LogP contribution < -0.4 is 0 Å². The summed E-state index contributed by atoms with van der Waals surface area (Å²) >= 11 is 0. The van der Waals surface area contributed by atoms with Gasteiger partial charge < -0.3 is 9.80 Å². The Bertz CT molecular complexity index is 880. The smallest absolute Gasteiger partial charge is 0.293 e. The monoisotopic (exact) mass is 385 g/mol. The first kappa shape index (κ1) is 18.8. The third kappa shape index (κ3) is 3.84. The average molecular weight is 385 g/mol. The van der Waals surface area contributed by atoms with Gasteiger partial charge in [-0.3, -0.25) is 14.5 Å². The van der Waals surface area contributed by atoms with Crippen LogP contribution in [-0.4, -0.2) is 91.9 Å². The van der Waals surface area contributed by atoms with Crippen molar-refractivity contribution in [3.05, 3.63) is 23.3 Å². The molecule has 0 spiro atoms. The van der Waals surface area contributed by atoms with Gasteiger partial charge in [0.05, 0.1) is 6.54 Å². The van der Waals surface area contributed by atoms with Crippen LogP contribution in [0, 0.1) is 13.8 Å². The Labute approximate surface area is 164 Å². The van der Waals surface area contributed by atoms with E-state index in [1.165, 1.54) is 6.42 Å². The molecule has 0 saturated carbocycles. The predicted octanol–water partition coefficient (Wildman–Crippen LogP) is 0.511. The van der Waals surface area contributed by atoms with Crippen LogP contribution in [0.1, 0.15) is 41.3 Å². The van der Waals surface area contributed by atoms with E-state index in [4.69, 9.17) is 0 Å². The summed E-state index contributed by atoms with van der Waals surface area (Å²) in [6.07, 6.45) is 3.43. The second-order valence-electron chi connectivity index (χ2n) is 7.70. The Hall–Kier alpha value is -2.55. The molecule has 0 unspecified atom stereocenters. The number of carbonyl (C=O) groups is 2. The first-order valence-corrected chi connectivity index (χ1v) is 10.0. The number of piperazine rings is 1. The van der Waals surface area contributed by atoms with Crippen LogP contribution in [0.15, 0.2) is 6.07 Å². The van der Waals surface area contributed by atoms with Gasteiger partial charge in [0.15, 0.2) is 0 Å². The van der Waals surface area contributed by atoms with Crippen LogP contribution in [0.2, 0.25) is 0 Å². The number of fused-ring (bicyclic) bond motifs is 1. The Morgan fingerprint density at radius 1 is 0.929 bits per heavy atom. The van der Waals surface area contributed by atoms with Gasteiger partial charge in [-0.25, -0.2) is 9.50 Å². The zero-order valence-electron chi connectivity index (χ0n) is 16.6. The topological polar surface area (TPSA) is 86.9 Å². The summed E-state index contributed by atoms with van der Waals surface area (Å²) in [4.78, 5) is 39.8. The molecular formula is C19H27N7O2. The summed E-state index contributed by atoms with van der Waals surface area (Å²) in [5.41, 5.74) is 1.75. The fourth-order valence-electron chi connectivity index (χ4n) is 3.94. The van der Waals surface area contributed by atoms with E-state index in [2.05, 4.69) is 20.0 Å². The summed E-state index contributed by atoms with van der Waals surface area (Å²) in [6.45, 7) is 8.55. The van der Waals surface area contributed by atoms with Crippen LogP contribution in [0.4, 0.5) is 0 Å². The van der Waals surface area contributed by atoms with E-state index in [-0.39, 0.29) is 17.6 Å². The average Bonchev–Trinajstić information content (AvgIpc) is 3.13. The molecule has 2 aliphatic rings. The number of hydrogen-bond acceptors (Lipinski definition) is 6. The van der Waals surface area contributed by atoms with E-state index < -0.39 is 0 Å². The van der Waals surface area contributed by atoms with E-state index in [0.717, 1.165) is 37.3 Å². The number of aromatic nitrogens is 4. The molecule has 2 aromatic rings. The molecule has 0 aromatic carbocycles. The van der Waals surface area contributed by atoms with E-state index in [1.807, 2.05) is 24.8 Å². The summed E-state index contributed by atoms with van der Waals surface area (Å²) in [5, 5.41) is 4.33. The van der Waals surface area contributed by atoms with E-state index in [9.17, 15) is 9.59 Å². The number of piperidine rings is 1. The maximum atomic E-state index is 12.8. The third-order valence-corrected chi connectivity index (χ3v) is 5.54. The number of amides is 2. The highest BCUT2D eigenvalue weighted by Gasteiger charge is 2.27. The largest absolute Gasteiger partial charge is 0.342 e. The highest BCUT2D eigenvalue weighted by Crippen LogP contribution is 2.12. The molecule has 9 nitrogen and oxygen atoms in total. The van der Waals surface area contributed by atoms with Gasteiger partial charge >= 0.3 is 0 Å². The fraction of sp³-hybridized carbons (Fsp3) is 0.632. The van der Waals surface area contributed by atoms with Gasteiger partial charge in [-0.15, -0.1) is 5.10 Å². The quantitative estimate of drug-likeness (QED) is 0.765. The van der Waals surface area contributed by atoms with Crippen molar-refractivity contribution < 1.29 is 9.59 Å².